The minimum atomic E-state index is -0.152. The van der Waals surface area contributed by atoms with Crippen LogP contribution in [0, 0.1) is 0 Å². The zero-order chi connectivity index (χ0) is 20.5. The number of carbonyl (C=O) groups excluding carboxylic acids is 1. The summed E-state index contributed by atoms with van der Waals surface area (Å²) in [6.07, 6.45) is 1.83. The maximum Gasteiger partial charge on any atom is 0.269 e. The van der Waals surface area contributed by atoms with Gasteiger partial charge in [-0.2, -0.15) is 4.37 Å². The predicted octanol–water partition coefficient (Wildman–Crippen LogP) is 3.29. The van der Waals surface area contributed by atoms with Gasteiger partial charge in [-0.25, -0.2) is 4.98 Å². The van der Waals surface area contributed by atoms with Crippen LogP contribution in [0.2, 0.25) is 0 Å². The fourth-order valence-corrected chi connectivity index (χ4v) is 3.63. The molecule has 0 unspecified atom stereocenters. The molecule has 0 saturated heterocycles. The highest BCUT2D eigenvalue weighted by molar-refractivity contribution is 7.13. The fourth-order valence-electron chi connectivity index (χ4n) is 2.87. The Labute approximate surface area is 175 Å². The molecule has 0 fully saturated rings. The second-order valence-corrected chi connectivity index (χ2v) is 7.86. The Balaban J connectivity index is 1.38. The third-order valence-corrected chi connectivity index (χ3v) is 5.21. The van der Waals surface area contributed by atoms with Crippen molar-refractivity contribution in [2.45, 2.75) is 12.8 Å². The normalized spacial score (nSPS) is 11.0. The number of benzene rings is 1. The lowest BCUT2D eigenvalue weighted by Crippen LogP contribution is -2.27. The molecule has 1 aromatic carbocycles. The standard InChI is InChI=1S/C21H28N6OS/c1-27(2)15-7-14-22-19-11-5-9-17(25-19)21(28)24-13-6-12-23-20-16-8-3-4-10-18(16)29-26-20/h3-5,8-11H,6-7,12-15H2,1-2H3,(H,22,25)(H,23,26)(H,24,28). The van der Waals surface area contributed by atoms with Gasteiger partial charge in [0.25, 0.3) is 5.91 Å². The Morgan fingerprint density at radius 3 is 2.69 bits per heavy atom. The van der Waals surface area contributed by atoms with Crippen molar-refractivity contribution in [2.75, 3.05) is 50.9 Å². The molecule has 8 heteroatoms. The smallest absolute Gasteiger partial charge is 0.269 e. The number of anilines is 2. The Hall–Kier alpha value is -2.71. The van der Waals surface area contributed by atoms with E-state index in [9.17, 15) is 4.79 Å². The second kappa shape index (κ2) is 10.7. The lowest BCUT2D eigenvalue weighted by molar-refractivity contribution is 0.0948. The molecular weight excluding hydrogens is 384 g/mol. The van der Waals surface area contributed by atoms with E-state index in [1.165, 1.54) is 16.2 Å². The van der Waals surface area contributed by atoms with Crippen molar-refractivity contribution in [3.63, 3.8) is 0 Å². The first kappa shape index (κ1) is 21.0. The average molecular weight is 413 g/mol. The molecule has 0 aliphatic heterocycles. The van der Waals surface area contributed by atoms with E-state index in [0.717, 1.165) is 49.5 Å². The summed E-state index contributed by atoms with van der Waals surface area (Å²) in [6, 6.07) is 13.6. The van der Waals surface area contributed by atoms with Crippen molar-refractivity contribution in [3.05, 3.63) is 48.2 Å². The van der Waals surface area contributed by atoms with Gasteiger partial charge in [-0.05, 0) is 69.3 Å². The molecule has 29 heavy (non-hydrogen) atoms. The first-order valence-corrected chi connectivity index (χ1v) is 10.6. The van der Waals surface area contributed by atoms with Gasteiger partial charge in [-0.15, -0.1) is 0 Å². The first-order chi connectivity index (χ1) is 14.1. The maximum absolute atomic E-state index is 12.3. The van der Waals surface area contributed by atoms with Crippen molar-refractivity contribution >= 4 is 39.2 Å². The highest BCUT2D eigenvalue weighted by atomic mass is 32.1. The number of nitrogens with zero attached hydrogens (tertiary/aromatic N) is 3. The monoisotopic (exact) mass is 412 g/mol. The van der Waals surface area contributed by atoms with Crippen LogP contribution in [0.5, 0.6) is 0 Å². The van der Waals surface area contributed by atoms with E-state index in [2.05, 4.69) is 56.4 Å². The lowest BCUT2D eigenvalue weighted by atomic mass is 10.2. The number of pyridine rings is 1. The van der Waals surface area contributed by atoms with Crippen LogP contribution >= 0.6 is 11.5 Å². The highest BCUT2D eigenvalue weighted by Crippen LogP contribution is 2.25. The van der Waals surface area contributed by atoms with E-state index in [-0.39, 0.29) is 5.91 Å². The Bertz CT molecular complexity index is 926. The largest absolute Gasteiger partial charge is 0.370 e. The molecule has 0 spiro atoms. The summed E-state index contributed by atoms with van der Waals surface area (Å²) in [4.78, 5) is 18.9. The van der Waals surface area contributed by atoms with Crippen LogP contribution in [0.1, 0.15) is 23.3 Å². The molecule has 7 nitrogen and oxygen atoms in total. The van der Waals surface area contributed by atoms with Crippen LogP contribution in [0.25, 0.3) is 10.1 Å². The van der Waals surface area contributed by atoms with Crippen molar-refractivity contribution in [1.29, 1.82) is 0 Å². The van der Waals surface area contributed by atoms with Crippen LogP contribution in [0.4, 0.5) is 11.6 Å². The summed E-state index contributed by atoms with van der Waals surface area (Å²) in [5, 5.41) is 10.7. The van der Waals surface area contributed by atoms with Crippen LogP contribution in [0.3, 0.4) is 0 Å². The number of amides is 1. The molecule has 2 heterocycles. The molecule has 0 atom stereocenters. The Morgan fingerprint density at radius 2 is 1.83 bits per heavy atom. The third-order valence-electron chi connectivity index (χ3n) is 4.38. The lowest BCUT2D eigenvalue weighted by Gasteiger charge is -2.11. The van der Waals surface area contributed by atoms with Gasteiger partial charge in [0, 0.05) is 25.0 Å². The predicted molar refractivity (Wildman–Crippen MR) is 121 cm³/mol. The van der Waals surface area contributed by atoms with Crippen LogP contribution in [-0.2, 0) is 0 Å². The number of carbonyl (C=O) groups is 1. The molecule has 154 valence electrons. The van der Waals surface area contributed by atoms with E-state index in [0.29, 0.717) is 12.2 Å². The third kappa shape index (κ3) is 6.40. The number of nitrogens with one attached hydrogen (secondary N) is 3. The Kier molecular flexibility index (Phi) is 7.77. The summed E-state index contributed by atoms with van der Waals surface area (Å²) in [5.41, 5.74) is 0.432. The molecule has 2 aromatic heterocycles. The van der Waals surface area contributed by atoms with Gasteiger partial charge in [0.05, 0.1) is 4.70 Å². The van der Waals surface area contributed by atoms with Crippen molar-refractivity contribution < 1.29 is 4.79 Å². The Morgan fingerprint density at radius 1 is 1.00 bits per heavy atom. The number of hydrogen-bond acceptors (Lipinski definition) is 7. The molecule has 1 amide bonds. The summed E-state index contributed by atoms with van der Waals surface area (Å²) in [6.45, 7) is 3.16. The molecule has 3 aromatic rings. The summed E-state index contributed by atoms with van der Waals surface area (Å²) < 4.78 is 5.62. The SMILES string of the molecule is CN(C)CCCNc1cccc(C(=O)NCCCNc2nsc3ccccc23)n1. The van der Waals surface area contributed by atoms with Gasteiger partial charge in [-0.3, -0.25) is 4.79 Å². The first-order valence-electron chi connectivity index (χ1n) is 9.85. The maximum atomic E-state index is 12.3. The van der Waals surface area contributed by atoms with Gasteiger partial charge in [-0.1, -0.05) is 18.2 Å². The quantitative estimate of drug-likeness (QED) is 0.419. The number of aromatic nitrogens is 2. The number of rotatable bonds is 11. The van der Waals surface area contributed by atoms with E-state index in [1.807, 2.05) is 24.3 Å². The topological polar surface area (TPSA) is 82.2 Å². The van der Waals surface area contributed by atoms with Gasteiger partial charge < -0.3 is 20.9 Å². The van der Waals surface area contributed by atoms with Crippen LogP contribution < -0.4 is 16.0 Å². The minimum Gasteiger partial charge on any atom is -0.370 e. The second-order valence-electron chi connectivity index (χ2n) is 7.06. The molecule has 0 bridgehead atoms. The molecule has 3 rings (SSSR count). The minimum absolute atomic E-state index is 0.152. The molecule has 0 aliphatic carbocycles. The zero-order valence-corrected chi connectivity index (χ0v) is 17.8. The van der Waals surface area contributed by atoms with E-state index in [4.69, 9.17) is 0 Å². The van der Waals surface area contributed by atoms with Gasteiger partial charge >= 0.3 is 0 Å². The van der Waals surface area contributed by atoms with E-state index < -0.39 is 0 Å². The fraction of sp³-hybridized carbons (Fsp3) is 0.381. The van der Waals surface area contributed by atoms with Gasteiger partial charge in [0.1, 0.15) is 17.3 Å². The molecule has 0 radical (unpaired) electrons. The van der Waals surface area contributed by atoms with Crippen molar-refractivity contribution in [2.24, 2.45) is 0 Å². The van der Waals surface area contributed by atoms with Crippen molar-refractivity contribution in [1.82, 2.24) is 19.6 Å². The van der Waals surface area contributed by atoms with Gasteiger partial charge in [0.15, 0.2) is 0 Å². The van der Waals surface area contributed by atoms with E-state index >= 15 is 0 Å². The number of hydrogen-bond donors (Lipinski definition) is 3. The molecular formula is C21H28N6OS. The average Bonchev–Trinajstić information content (AvgIpc) is 3.14. The summed E-state index contributed by atoms with van der Waals surface area (Å²) in [7, 11) is 4.11. The molecule has 3 N–H and O–H groups in total. The molecule has 0 aliphatic rings. The number of fused-ring (bicyclic) bond motifs is 1. The van der Waals surface area contributed by atoms with Crippen LogP contribution in [0.15, 0.2) is 42.5 Å². The highest BCUT2D eigenvalue weighted by Gasteiger charge is 2.08. The van der Waals surface area contributed by atoms with E-state index in [1.54, 1.807) is 6.07 Å². The van der Waals surface area contributed by atoms with Gasteiger partial charge in [0.2, 0.25) is 0 Å². The van der Waals surface area contributed by atoms with Crippen LogP contribution in [-0.4, -0.2) is 60.4 Å². The van der Waals surface area contributed by atoms with Crippen molar-refractivity contribution in [3.8, 4) is 0 Å². The summed E-state index contributed by atoms with van der Waals surface area (Å²) in [5.74, 6) is 1.49. The zero-order valence-electron chi connectivity index (χ0n) is 16.9. The summed E-state index contributed by atoms with van der Waals surface area (Å²) >= 11 is 1.49. The molecule has 0 saturated carbocycles.